The maximum absolute atomic E-state index is 11.9. The van der Waals surface area contributed by atoms with Crippen molar-refractivity contribution in [1.29, 1.82) is 0 Å². The van der Waals surface area contributed by atoms with E-state index in [2.05, 4.69) is 0 Å². The average molecular weight is 278 g/mol. The van der Waals surface area contributed by atoms with Crippen LogP contribution in [0.4, 0.5) is 0 Å². The van der Waals surface area contributed by atoms with Crippen molar-refractivity contribution in [1.82, 2.24) is 0 Å². The summed E-state index contributed by atoms with van der Waals surface area (Å²) in [5, 5.41) is 20.2. The fourth-order valence-electron chi connectivity index (χ4n) is 3.51. The van der Waals surface area contributed by atoms with Crippen LogP contribution in [-0.2, 0) is 9.53 Å². The smallest absolute Gasteiger partial charge is 0.339 e. The number of hydrogen-bond acceptors (Lipinski definition) is 5. The number of aliphatic hydroxyl groups is 2. The lowest BCUT2D eigenvalue weighted by Gasteiger charge is -2.48. The molecule has 2 heterocycles. The lowest BCUT2D eigenvalue weighted by Crippen LogP contribution is -2.49. The Morgan fingerprint density at radius 2 is 2.15 bits per heavy atom. The third-order valence-corrected chi connectivity index (χ3v) is 4.63. The SMILES string of the molecule is CC1=C2[C@@H](O)C(=O)O[C@H](c3ccoc3)[C@@]2(C)CC[C@@H]1O. The number of ether oxygens (including phenoxy) is 1. The molecule has 1 saturated heterocycles. The number of carbonyl (C=O) groups excluding carboxylic acids is 1. The fraction of sp³-hybridized carbons (Fsp3) is 0.533. The summed E-state index contributed by atoms with van der Waals surface area (Å²) in [6, 6.07) is 1.76. The van der Waals surface area contributed by atoms with Gasteiger partial charge in [-0.2, -0.15) is 0 Å². The predicted molar refractivity (Wildman–Crippen MR) is 69.6 cm³/mol. The summed E-state index contributed by atoms with van der Waals surface area (Å²) in [6.45, 7) is 3.73. The number of fused-ring (bicyclic) bond motifs is 1. The molecule has 1 aromatic rings. The zero-order valence-electron chi connectivity index (χ0n) is 11.5. The van der Waals surface area contributed by atoms with Gasteiger partial charge in [-0.3, -0.25) is 0 Å². The molecule has 0 bridgehead atoms. The third-order valence-electron chi connectivity index (χ3n) is 4.63. The maximum Gasteiger partial charge on any atom is 0.339 e. The van der Waals surface area contributed by atoms with Crippen molar-refractivity contribution in [3.63, 3.8) is 0 Å². The summed E-state index contributed by atoms with van der Waals surface area (Å²) >= 11 is 0. The lowest BCUT2D eigenvalue weighted by molar-refractivity contribution is -0.174. The Morgan fingerprint density at radius 1 is 1.40 bits per heavy atom. The van der Waals surface area contributed by atoms with Crippen LogP contribution in [0.25, 0.3) is 0 Å². The van der Waals surface area contributed by atoms with E-state index >= 15 is 0 Å². The zero-order chi connectivity index (χ0) is 14.5. The van der Waals surface area contributed by atoms with Crippen molar-refractivity contribution in [3.05, 3.63) is 35.3 Å². The number of furan rings is 1. The molecule has 0 unspecified atom stereocenters. The van der Waals surface area contributed by atoms with E-state index in [1.54, 1.807) is 19.3 Å². The molecule has 2 aliphatic rings. The summed E-state index contributed by atoms with van der Waals surface area (Å²) in [5.74, 6) is -0.669. The molecule has 1 aliphatic carbocycles. The van der Waals surface area contributed by atoms with Crippen molar-refractivity contribution in [3.8, 4) is 0 Å². The molecule has 0 aromatic carbocycles. The van der Waals surface area contributed by atoms with E-state index in [0.29, 0.717) is 24.0 Å². The first kappa shape index (κ1) is 13.4. The molecule has 3 rings (SSSR count). The second kappa shape index (κ2) is 4.46. The Bertz CT molecular complexity index is 559. The molecule has 5 nitrogen and oxygen atoms in total. The largest absolute Gasteiger partial charge is 0.472 e. The highest BCUT2D eigenvalue weighted by Crippen LogP contribution is 2.54. The van der Waals surface area contributed by atoms with E-state index in [9.17, 15) is 15.0 Å². The summed E-state index contributed by atoms with van der Waals surface area (Å²) in [7, 11) is 0. The van der Waals surface area contributed by atoms with Crippen LogP contribution in [0.15, 0.2) is 34.2 Å². The Labute approximate surface area is 116 Å². The second-order valence-corrected chi connectivity index (χ2v) is 5.84. The molecule has 2 N–H and O–H groups in total. The standard InChI is InChI=1S/C15H18O5/c1-8-10(16)3-5-15(2)11(8)12(17)14(18)20-13(15)9-4-6-19-7-9/h4,6-7,10,12-13,16-17H,3,5H2,1-2H3/t10-,12+,13+,15-/m0/s1. The van der Waals surface area contributed by atoms with E-state index in [1.165, 1.54) is 6.26 Å². The summed E-state index contributed by atoms with van der Waals surface area (Å²) in [4.78, 5) is 11.9. The Balaban J connectivity index is 2.14. The van der Waals surface area contributed by atoms with Gasteiger partial charge in [0.25, 0.3) is 0 Å². The Hall–Kier alpha value is -1.59. The molecule has 20 heavy (non-hydrogen) atoms. The predicted octanol–water partition coefficient (Wildman–Crippen LogP) is 1.72. The van der Waals surface area contributed by atoms with Crippen molar-refractivity contribution in [2.24, 2.45) is 5.41 Å². The topological polar surface area (TPSA) is 79.9 Å². The zero-order valence-corrected chi connectivity index (χ0v) is 11.5. The average Bonchev–Trinajstić information content (AvgIpc) is 2.93. The van der Waals surface area contributed by atoms with Gasteiger partial charge in [-0.1, -0.05) is 6.92 Å². The van der Waals surface area contributed by atoms with E-state index in [4.69, 9.17) is 9.15 Å². The van der Waals surface area contributed by atoms with Gasteiger partial charge in [0.1, 0.15) is 6.10 Å². The summed E-state index contributed by atoms with van der Waals surface area (Å²) in [5.41, 5.74) is 1.53. The quantitative estimate of drug-likeness (QED) is 0.604. The maximum atomic E-state index is 11.9. The van der Waals surface area contributed by atoms with Crippen molar-refractivity contribution in [2.75, 3.05) is 0 Å². The first-order chi connectivity index (χ1) is 9.45. The molecular weight excluding hydrogens is 260 g/mol. The number of hydrogen-bond donors (Lipinski definition) is 2. The van der Waals surface area contributed by atoms with Crippen LogP contribution in [0.5, 0.6) is 0 Å². The number of carbonyl (C=O) groups is 1. The molecule has 0 radical (unpaired) electrons. The number of aliphatic hydroxyl groups excluding tert-OH is 2. The third kappa shape index (κ3) is 1.73. The molecule has 1 fully saturated rings. The van der Waals surface area contributed by atoms with Gasteiger partial charge in [0.05, 0.1) is 18.6 Å². The van der Waals surface area contributed by atoms with Gasteiger partial charge in [0.15, 0.2) is 6.10 Å². The van der Waals surface area contributed by atoms with Crippen molar-refractivity contribution in [2.45, 2.75) is 45.0 Å². The second-order valence-electron chi connectivity index (χ2n) is 5.84. The van der Waals surface area contributed by atoms with Crippen molar-refractivity contribution < 1.29 is 24.2 Å². The molecular formula is C15H18O5. The monoisotopic (exact) mass is 278 g/mol. The van der Waals surface area contributed by atoms with Gasteiger partial charge in [-0.05, 0) is 37.0 Å². The number of esters is 1. The van der Waals surface area contributed by atoms with E-state index in [0.717, 1.165) is 5.56 Å². The van der Waals surface area contributed by atoms with Gasteiger partial charge < -0.3 is 19.4 Å². The molecule has 4 atom stereocenters. The molecule has 0 spiro atoms. The minimum Gasteiger partial charge on any atom is -0.472 e. The number of rotatable bonds is 1. The van der Waals surface area contributed by atoms with Crippen LogP contribution in [0.3, 0.4) is 0 Å². The molecule has 0 saturated carbocycles. The van der Waals surface area contributed by atoms with Gasteiger partial charge in [-0.25, -0.2) is 4.79 Å². The van der Waals surface area contributed by atoms with Crippen LogP contribution in [-0.4, -0.2) is 28.4 Å². The van der Waals surface area contributed by atoms with Gasteiger partial charge in [-0.15, -0.1) is 0 Å². The Kier molecular flexibility index (Phi) is 2.99. The molecule has 1 aromatic heterocycles. The van der Waals surface area contributed by atoms with Gasteiger partial charge in [0.2, 0.25) is 0 Å². The first-order valence-corrected chi connectivity index (χ1v) is 6.75. The highest BCUT2D eigenvalue weighted by Gasteiger charge is 2.53. The lowest BCUT2D eigenvalue weighted by atomic mass is 9.63. The molecule has 0 amide bonds. The van der Waals surface area contributed by atoms with Gasteiger partial charge in [0, 0.05) is 11.0 Å². The first-order valence-electron chi connectivity index (χ1n) is 6.75. The van der Waals surface area contributed by atoms with E-state index < -0.39 is 29.7 Å². The van der Waals surface area contributed by atoms with Crippen LogP contribution >= 0.6 is 0 Å². The minimum atomic E-state index is -1.29. The summed E-state index contributed by atoms with van der Waals surface area (Å²) in [6.07, 6.45) is 1.92. The molecule has 5 heteroatoms. The highest BCUT2D eigenvalue weighted by molar-refractivity contribution is 5.81. The normalized spacial score (nSPS) is 37.6. The highest BCUT2D eigenvalue weighted by atomic mass is 16.6. The number of cyclic esters (lactones) is 1. The van der Waals surface area contributed by atoms with Crippen LogP contribution in [0.2, 0.25) is 0 Å². The van der Waals surface area contributed by atoms with Crippen LogP contribution in [0, 0.1) is 5.41 Å². The fourth-order valence-corrected chi connectivity index (χ4v) is 3.51. The van der Waals surface area contributed by atoms with E-state index in [-0.39, 0.29) is 0 Å². The van der Waals surface area contributed by atoms with Crippen molar-refractivity contribution >= 4 is 5.97 Å². The molecule has 108 valence electrons. The van der Waals surface area contributed by atoms with Crippen LogP contribution < -0.4 is 0 Å². The minimum absolute atomic E-state index is 0.491. The van der Waals surface area contributed by atoms with Gasteiger partial charge >= 0.3 is 5.97 Å². The summed E-state index contributed by atoms with van der Waals surface area (Å²) < 4.78 is 10.5. The van der Waals surface area contributed by atoms with Crippen LogP contribution in [0.1, 0.15) is 38.4 Å². The molecule has 1 aliphatic heterocycles. The Morgan fingerprint density at radius 3 is 2.80 bits per heavy atom. The van der Waals surface area contributed by atoms with E-state index in [1.807, 2.05) is 6.92 Å².